The summed E-state index contributed by atoms with van der Waals surface area (Å²) in [6, 6.07) is 13.3. The van der Waals surface area contributed by atoms with Gasteiger partial charge >= 0.3 is 6.61 Å². The Kier molecular flexibility index (Phi) is 4.87. The highest BCUT2D eigenvalue weighted by Gasteiger charge is 2.05. The van der Waals surface area contributed by atoms with Gasteiger partial charge in [0.15, 0.2) is 5.78 Å². The zero-order valence-electron chi connectivity index (χ0n) is 11.5. The Morgan fingerprint density at radius 2 is 1.57 bits per heavy atom. The summed E-state index contributed by atoms with van der Waals surface area (Å²) in [5, 5.41) is 3.11. The van der Waals surface area contributed by atoms with Crippen molar-refractivity contribution in [3.63, 3.8) is 0 Å². The summed E-state index contributed by atoms with van der Waals surface area (Å²) in [6.45, 7) is -1.01. The molecule has 21 heavy (non-hydrogen) atoms. The van der Waals surface area contributed by atoms with Gasteiger partial charge in [0, 0.05) is 23.4 Å². The van der Waals surface area contributed by atoms with E-state index in [-0.39, 0.29) is 11.5 Å². The molecule has 0 aliphatic heterocycles. The van der Waals surface area contributed by atoms with Crippen LogP contribution in [0.3, 0.4) is 0 Å². The Hall–Kier alpha value is -2.43. The third-order valence-electron chi connectivity index (χ3n) is 2.90. The number of carbonyl (C=O) groups is 1. The van der Waals surface area contributed by atoms with Crippen LogP contribution in [-0.2, 0) is 0 Å². The highest BCUT2D eigenvalue weighted by atomic mass is 19.3. The summed E-state index contributed by atoms with van der Waals surface area (Å²) in [7, 11) is 0. The van der Waals surface area contributed by atoms with Crippen LogP contribution in [0.4, 0.5) is 20.2 Å². The van der Waals surface area contributed by atoms with Crippen molar-refractivity contribution in [1.82, 2.24) is 0 Å². The minimum Gasteiger partial charge on any atom is -0.435 e. The molecule has 5 heteroatoms. The van der Waals surface area contributed by atoms with Gasteiger partial charge in [0.2, 0.25) is 0 Å². The largest absolute Gasteiger partial charge is 0.435 e. The lowest BCUT2D eigenvalue weighted by atomic mass is 10.1. The Balaban J connectivity index is 2.02. The van der Waals surface area contributed by atoms with E-state index in [0.29, 0.717) is 12.0 Å². The van der Waals surface area contributed by atoms with Gasteiger partial charge in [-0.25, -0.2) is 0 Å². The molecule has 0 aliphatic carbocycles. The standard InChI is InChI=1S/C16H15F2NO2/c1-2-15(20)11-3-5-12(6-4-11)19-13-7-9-14(10-8-13)21-16(17)18/h3-10,16,19H,2H2,1H3. The molecule has 1 N–H and O–H groups in total. The lowest BCUT2D eigenvalue weighted by Gasteiger charge is -2.09. The van der Waals surface area contributed by atoms with Gasteiger partial charge in [-0.15, -0.1) is 0 Å². The number of ether oxygens (including phenoxy) is 1. The van der Waals surface area contributed by atoms with Crippen LogP contribution < -0.4 is 10.1 Å². The Morgan fingerprint density at radius 1 is 1.05 bits per heavy atom. The van der Waals surface area contributed by atoms with Gasteiger partial charge in [0.25, 0.3) is 0 Å². The number of carbonyl (C=O) groups excluding carboxylic acids is 1. The molecule has 0 aliphatic rings. The molecule has 0 radical (unpaired) electrons. The summed E-state index contributed by atoms with van der Waals surface area (Å²) in [6.07, 6.45) is 0.471. The van der Waals surface area contributed by atoms with E-state index in [1.165, 1.54) is 12.1 Å². The van der Waals surface area contributed by atoms with Gasteiger partial charge in [0.1, 0.15) is 5.75 Å². The number of Topliss-reactive ketones (excluding diaryl/α,β-unsaturated/α-hetero) is 1. The molecule has 2 aromatic rings. The molecule has 0 amide bonds. The number of anilines is 2. The third-order valence-corrected chi connectivity index (χ3v) is 2.90. The second-order valence-electron chi connectivity index (χ2n) is 4.38. The van der Waals surface area contributed by atoms with Crippen molar-refractivity contribution in [3.05, 3.63) is 54.1 Å². The van der Waals surface area contributed by atoms with Gasteiger partial charge in [0.05, 0.1) is 0 Å². The average Bonchev–Trinajstić information content (AvgIpc) is 2.49. The van der Waals surface area contributed by atoms with E-state index in [2.05, 4.69) is 10.1 Å². The summed E-state index contributed by atoms with van der Waals surface area (Å²) in [5.41, 5.74) is 2.22. The average molecular weight is 291 g/mol. The normalized spacial score (nSPS) is 10.5. The molecule has 2 rings (SSSR count). The van der Waals surface area contributed by atoms with Crippen LogP contribution in [0.2, 0.25) is 0 Å². The monoisotopic (exact) mass is 291 g/mol. The van der Waals surface area contributed by atoms with Crippen molar-refractivity contribution in [2.45, 2.75) is 20.0 Å². The maximum atomic E-state index is 12.0. The second-order valence-corrected chi connectivity index (χ2v) is 4.38. The predicted octanol–water partition coefficient (Wildman–Crippen LogP) is 4.62. The van der Waals surface area contributed by atoms with E-state index in [1.54, 1.807) is 36.4 Å². The quantitative estimate of drug-likeness (QED) is 0.789. The van der Waals surface area contributed by atoms with E-state index in [1.807, 2.05) is 6.92 Å². The fraction of sp³-hybridized carbons (Fsp3) is 0.188. The highest BCUT2D eigenvalue weighted by molar-refractivity contribution is 5.96. The molecule has 110 valence electrons. The first-order valence-corrected chi connectivity index (χ1v) is 6.53. The van der Waals surface area contributed by atoms with Crippen LogP contribution in [0.15, 0.2) is 48.5 Å². The first kappa shape index (κ1) is 15.0. The molecular formula is C16H15F2NO2. The third kappa shape index (κ3) is 4.27. The SMILES string of the molecule is CCC(=O)c1ccc(Nc2ccc(OC(F)F)cc2)cc1. The summed E-state index contributed by atoms with van der Waals surface area (Å²) < 4.78 is 28.3. The van der Waals surface area contributed by atoms with Crippen LogP contribution in [0, 0.1) is 0 Å². The van der Waals surface area contributed by atoms with Crippen molar-refractivity contribution in [1.29, 1.82) is 0 Å². The van der Waals surface area contributed by atoms with E-state index >= 15 is 0 Å². The number of ketones is 1. The molecule has 0 bridgehead atoms. The van der Waals surface area contributed by atoms with Crippen molar-refractivity contribution in [2.75, 3.05) is 5.32 Å². The zero-order valence-corrected chi connectivity index (χ0v) is 11.5. The maximum Gasteiger partial charge on any atom is 0.387 e. The minimum atomic E-state index is -2.83. The number of hydrogen-bond donors (Lipinski definition) is 1. The lowest BCUT2D eigenvalue weighted by molar-refractivity contribution is -0.0498. The number of benzene rings is 2. The molecule has 0 saturated heterocycles. The zero-order chi connectivity index (χ0) is 15.2. The van der Waals surface area contributed by atoms with Gasteiger partial charge < -0.3 is 10.1 Å². The van der Waals surface area contributed by atoms with E-state index in [4.69, 9.17) is 0 Å². The predicted molar refractivity (Wildman–Crippen MR) is 77.4 cm³/mol. The van der Waals surface area contributed by atoms with E-state index in [0.717, 1.165) is 11.4 Å². The van der Waals surface area contributed by atoms with Gasteiger partial charge in [-0.05, 0) is 48.5 Å². The van der Waals surface area contributed by atoms with Crippen molar-refractivity contribution >= 4 is 17.2 Å². The number of halogens is 2. The first-order valence-electron chi connectivity index (χ1n) is 6.53. The molecule has 0 unspecified atom stereocenters. The van der Waals surface area contributed by atoms with E-state index in [9.17, 15) is 13.6 Å². The fourth-order valence-electron chi connectivity index (χ4n) is 1.83. The first-order chi connectivity index (χ1) is 10.1. The van der Waals surface area contributed by atoms with Crippen LogP contribution >= 0.6 is 0 Å². The number of nitrogens with one attached hydrogen (secondary N) is 1. The fourth-order valence-corrected chi connectivity index (χ4v) is 1.83. The van der Waals surface area contributed by atoms with Gasteiger partial charge in [-0.2, -0.15) is 8.78 Å². The molecule has 0 saturated carbocycles. The Morgan fingerprint density at radius 3 is 2.05 bits per heavy atom. The number of rotatable bonds is 6. The smallest absolute Gasteiger partial charge is 0.387 e. The van der Waals surface area contributed by atoms with Crippen molar-refractivity contribution in [3.8, 4) is 5.75 Å². The molecule has 0 heterocycles. The number of alkyl halides is 2. The maximum absolute atomic E-state index is 12.0. The number of hydrogen-bond acceptors (Lipinski definition) is 3. The molecule has 0 atom stereocenters. The molecule has 2 aromatic carbocycles. The Labute approximate surface area is 121 Å². The molecule has 0 aromatic heterocycles. The lowest BCUT2D eigenvalue weighted by Crippen LogP contribution is -2.01. The van der Waals surface area contributed by atoms with Gasteiger partial charge in [-0.1, -0.05) is 6.92 Å². The van der Waals surface area contributed by atoms with Crippen molar-refractivity contribution < 1.29 is 18.3 Å². The summed E-state index contributed by atoms with van der Waals surface area (Å²) in [4.78, 5) is 11.5. The molecule has 0 fully saturated rings. The topological polar surface area (TPSA) is 38.3 Å². The molecule has 3 nitrogen and oxygen atoms in total. The van der Waals surface area contributed by atoms with Crippen LogP contribution in [0.1, 0.15) is 23.7 Å². The van der Waals surface area contributed by atoms with Gasteiger partial charge in [-0.3, -0.25) is 4.79 Å². The second kappa shape index (κ2) is 6.83. The minimum absolute atomic E-state index is 0.0926. The molecular weight excluding hydrogens is 276 g/mol. The Bertz CT molecular complexity index is 595. The van der Waals surface area contributed by atoms with Crippen LogP contribution in [0.5, 0.6) is 5.75 Å². The van der Waals surface area contributed by atoms with Crippen LogP contribution in [0.25, 0.3) is 0 Å². The summed E-state index contributed by atoms with van der Waals surface area (Å²) >= 11 is 0. The summed E-state index contributed by atoms with van der Waals surface area (Å²) in [5.74, 6) is 0.203. The highest BCUT2D eigenvalue weighted by Crippen LogP contribution is 2.21. The molecule has 0 spiro atoms. The van der Waals surface area contributed by atoms with Crippen LogP contribution in [-0.4, -0.2) is 12.4 Å². The van der Waals surface area contributed by atoms with Crippen molar-refractivity contribution in [2.24, 2.45) is 0 Å². The van der Waals surface area contributed by atoms with E-state index < -0.39 is 6.61 Å².